The van der Waals surface area contributed by atoms with Crippen molar-refractivity contribution < 1.29 is 19.0 Å². The van der Waals surface area contributed by atoms with Crippen molar-refractivity contribution in [3.05, 3.63) is 18.3 Å². The third kappa shape index (κ3) is 6.84. The molecular formula is C18H30N2O4. The Labute approximate surface area is 144 Å². The first-order valence-electron chi connectivity index (χ1n) is 8.67. The highest BCUT2D eigenvalue weighted by Crippen LogP contribution is 2.21. The van der Waals surface area contributed by atoms with Crippen molar-refractivity contribution in [3.8, 4) is 5.88 Å². The molecule has 6 heteroatoms. The van der Waals surface area contributed by atoms with Gasteiger partial charge >= 0.3 is 0 Å². The molecule has 0 radical (unpaired) electrons. The Morgan fingerprint density at radius 2 is 1.96 bits per heavy atom. The molecule has 1 amide bonds. The standard InChI is InChI=1S/C18H30N2O4/c1-5-10-18(4,24-11-6-2)17(21)20-15-8-9-16(19-14-15)23-13-12-22-7-3/h8-9,14H,5-7,10-13H2,1-4H3,(H,20,21)/t18-/m1/s1. The second-order valence-corrected chi connectivity index (χ2v) is 5.71. The normalized spacial score (nSPS) is 13.3. The number of anilines is 1. The first-order chi connectivity index (χ1) is 11.6. The zero-order chi connectivity index (χ0) is 17.8. The molecule has 0 saturated heterocycles. The van der Waals surface area contributed by atoms with Gasteiger partial charge in [0.15, 0.2) is 0 Å². The lowest BCUT2D eigenvalue weighted by atomic mass is 9.99. The maximum absolute atomic E-state index is 12.5. The molecular weight excluding hydrogens is 308 g/mol. The van der Waals surface area contributed by atoms with E-state index < -0.39 is 5.60 Å². The van der Waals surface area contributed by atoms with Gasteiger partial charge in [-0.05, 0) is 32.8 Å². The molecule has 1 N–H and O–H groups in total. The highest BCUT2D eigenvalue weighted by molar-refractivity contribution is 5.96. The number of rotatable bonds is 12. The number of pyridine rings is 1. The van der Waals surface area contributed by atoms with Crippen molar-refractivity contribution in [2.24, 2.45) is 0 Å². The van der Waals surface area contributed by atoms with Gasteiger partial charge in [0.25, 0.3) is 5.91 Å². The number of amides is 1. The summed E-state index contributed by atoms with van der Waals surface area (Å²) in [4.78, 5) is 16.7. The molecule has 0 spiro atoms. The van der Waals surface area contributed by atoms with Crippen LogP contribution in [0.25, 0.3) is 0 Å². The van der Waals surface area contributed by atoms with Crippen LogP contribution in [0.15, 0.2) is 18.3 Å². The summed E-state index contributed by atoms with van der Waals surface area (Å²) < 4.78 is 16.4. The molecule has 1 aromatic rings. The van der Waals surface area contributed by atoms with Crippen molar-refractivity contribution >= 4 is 11.6 Å². The van der Waals surface area contributed by atoms with Gasteiger partial charge in [0.2, 0.25) is 5.88 Å². The summed E-state index contributed by atoms with van der Waals surface area (Å²) in [5.41, 5.74) is -0.197. The van der Waals surface area contributed by atoms with Gasteiger partial charge in [0.1, 0.15) is 12.2 Å². The van der Waals surface area contributed by atoms with Crippen LogP contribution in [0.5, 0.6) is 5.88 Å². The highest BCUT2D eigenvalue weighted by Gasteiger charge is 2.33. The van der Waals surface area contributed by atoms with Crippen LogP contribution >= 0.6 is 0 Å². The van der Waals surface area contributed by atoms with Crippen LogP contribution in [-0.2, 0) is 14.3 Å². The number of hydrogen-bond donors (Lipinski definition) is 1. The maximum atomic E-state index is 12.5. The van der Waals surface area contributed by atoms with Crippen LogP contribution in [0.4, 0.5) is 5.69 Å². The number of aromatic nitrogens is 1. The summed E-state index contributed by atoms with van der Waals surface area (Å²) >= 11 is 0. The van der Waals surface area contributed by atoms with E-state index >= 15 is 0 Å². The minimum absolute atomic E-state index is 0.149. The number of nitrogens with one attached hydrogen (secondary N) is 1. The summed E-state index contributed by atoms with van der Waals surface area (Å²) in [7, 11) is 0. The Hall–Kier alpha value is -1.66. The largest absolute Gasteiger partial charge is 0.475 e. The number of hydrogen-bond acceptors (Lipinski definition) is 5. The molecule has 24 heavy (non-hydrogen) atoms. The van der Waals surface area contributed by atoms with Gasteiger partial charge in [0, 0.05) is 19.3 Å². The van der Waals surface area contributed by atoms with E-state index in [0.717, 1.165) is 12.8 Å². The Bertz CT molecular complexity index is 478. The lowest BCUT2D eigenvalue weighted by Gasteiger charge is -2.28. The van der Waals surface area contributed by atoms with E-state index in [1.165, 1.54) is 0 Å². The molecule has 1 atom stereocenters. The average molecular weight is 338 g/mol. The van der Waals surface area contributed by atoms with Crippen LogP contribution in [-0.4, -0.2) is 42.9 Å². The predicted octanol–water partition coefficient (Wildman–Crippen LogP) is 3.42. The fraction of sp³-hybridized carbons (Fsp3) is 0.667. The van der Waals surface area contributed by atoms with Crippen molar-refractivity contribution in [2.75, 3.05) is 31.7 Å². The minimum atomic E-state index is -0.822. The number of carbonyl (C=O) groups excluding carboxylic acids is 1. The van der Waals surface area contributed by atoms with Gasteiger partial charge in [-0.15, -0.1) is 0 Å². The molecule has 0 fully saturated rings. The molecule has 0 unspecified atom stereocenters. The number of carbonyl (C=O) groups is 1. The third-order valence-corrected chi connectivity index (χ3v) is 3.51. The summed E-state index contributed by atoms with van der Waals surface area (Å²) in [6.07, 6.45) is 4.01. The van der Waals surface area contributed by atoms with Gasteiger partial charge in [0.05, 0.1) is 18.5 Å². The molecule has 1 aromatic heterocycles. The summed E-state index contributed by atoms with van der Waals surface area (Å²) in [6.45, 7) is 10.0. The lowest BCUT2D eigenvalue weighted by molar-refractivity contribution is -0.140. The third-order valence-electron chi connectivity index (χ3n) is 3.51. The topological polar surface area (TPSA) is 69.7 Å². The monoisotopic (exact) mass is 338 g/mol. The Kier molecular flexibility index (Phi) is 9.34. The van der Waals surface area contributed by atoms with E-state index in [9.17, 15) is 4.79 Å². The van der Waals surface area contributed by atoms with Crippen LogP contribution in [0.2, 0.25) is 0 Å². The first-order valence-corrected chi connectivity index (χ1v) is 8.67. The Morgan fingerprint density at radius 3 is 2.54 bits per heavy atom. The fourth-order valence-corrected chi connectivity index (χ4v) is 2.21. The number of nitrogens with zero attached hydrogens (tertiary/aromatic N) is 1. The van der Waals surface area contributed by atoms with Crippen LogP contribution in [0, 0.1) is 0 Å². The lowest BCUT2D eigenvalue weighted by Crippen LogP contribution is -2.43. The second-order valence-electron chi connectivity index (χ2n) is 5.71. The van der Waals surface area contributed by atoms with Crippen molar-refractivity contribution in [2.45, 2.75) is 52.6 Å². The van der Waals surface area contributed by atoms with Crippen LogP contribution in [0.3, 0.4) is 0 Å². The fourth-order valence-electron chi connectivity index (χ4n) is 2.21. The molecule has 0 aliphatic heterocycles. The van der Waals surface area contributed by atoms with Crippen molar-refractivity contribution in [3.63, 3.8) is 0 Å². The van der Waals surface area contributed by atoms with E-state index in [2.05, 4.69) is 10.3 Å². The molecule has 0 aliphatic rings. The Morgan fingerprint density at radius 1 is 1.17 bits per heavy atom. The quantitative estimate of drug-likeness (QED) is 0.591. The van der Waals surface area contributed by atoms with Crippen molar-refractivity contribution in [1.82, 2.24) is 4.98 Å². The van der Waals surface area contributed by atoms with Crippen molar-refractivity contribution in [1.29, 1.82) is 0 Å². The molecule has 1 heterocycles. The minimum Gasteiger partial charge on any atom is -0.475 e. The molecule has 0 aromatic carbocycles. The van der Waals surface area contributed by atoms with Gasteiger partial charge in [-0.1, -0.05) is 20.3 Å². The van der Waals surface area contributed by atoms with Crippen LogP contribution < -0.4 is 10.1 Å². The predicted molar refractivity (Wildman–Crippen MR) is 94.4 cm³/mol. The van der Waals surface area contributed by atoms with E-state index in [4.69, 9.17) is 14.2 Å². The summed E-state index contributed by atoms with van der Waals surface area (Å²) in [5.74, 6) is 0.357. The molecule has 0 bridgehead atoms. The van der Waals surface area contributed by atoms with E-state index in [1.54, 1.807) is 18.3 Å². The van der Waals surface area contributed by atoms with E-state index in [1.807, 2.05) is 27.7 Å². The molecule has 0 aliphatic carbocycles. The average Bonchev–Trinajstić information content (AvgIpc) is 2.58. The SMILES string of the molecule is CCCO[C@](C)(CCC)C(=O)Nc1ccc(OCCOCC)nc1. The first kappa shape index (κ1) is 20.4. The molecule has 6 nitrogen and oxygen atoms in total. The summed E-state index contributed by atoms with van der Waals surface area (Å²) in [5, 5.41) is 2.87. The molecule has 1 rings (SSSR count). The smallest absolute Gasteiger partial charge is 0.256 e. The molecule has 136 valence electrons. The summed E-state index contributed by atoms with van der Waals surface area (Å²) in [6, 6.07) is 3.50. The van der Waals surface area contributed by atoms with Gasteiger partial charge in [-0.25, -0.2) is 4.98 Å². The second kappa shape index (κ2) is 11.0. The van der Waals surface area contributed by atoms with Gasteiger partial charge in [-0.2, -0.15) is 0 Å². The number of ether oxygens (including phenoxy) is 3. The molecule has 0 saturated carbocycles. The Balaban J connectivity index is 2.58. The van der Waals surface area contributed by atoms with Crippen LogP contribution in [0.1, 0.15) is 47.0 Å². The van der Waals surface area contributed by atoms with Gasteiger partial charge < -0.3 is 19.5 Å². The highest BCUT2D eigenvalue weighted by atomic mass is 16.5. The zero-order valence-electron chi connectivity index (χ0n) is 15.3. The van der Waals surface area contributed by atoms with Gasteiger partial charge in [-0.3, -0.25) is 4.79 Å². The maximum Gasteiger partial charge on any atom is 0.256 e. The zero-order valence-corrected chi connectivity index (χ0v) is 15.3. The van der Waals surface area contributed by atoms with E-state index in [0.29, 0.717) is 44.4 Å². The van der Waals surface area contributed by atoms with E-state index in [-0.39, 0.29) is 5.91 Å².